The van der Waals surface area contributed by atoms with Crippen LogP contribution in [-0.2, 0) is 4.74 Å². The molecule has 0 saturated carbocycles. The zero-order chi connectivity index (χ0) is 9.19. The van der Waals surface area contributed by atoms with Crippen LogP contribution in [0.25, 0.3) is 0 Å². The molecule has 0 aromatic carbocycles. The van der Waals surface area contributed by atoms with Crippen LogP contribution in [0, 0.1) is 11.3 Å². The van der Waals surface area contributed by atoms with Crippen molar-refractivity contribution >= 4 is 0 Å². The Labute approximate surface area is 74.9 Å². The minimum Gasteiger partial charge on any atom is -0.390 e. The van der Waals surface area contributed by atoms with Crippen molar-refractivity contribution in [2.45, 2.75) is 39.7 Å². The lowest BCUT2D eigenvalue weighted by Crippen LogP contribution is -2.46. The van der Waals surface area contributed by atoms with E-state index in [0.717, 1.165) is 19.4 Å². The highest BCUT2D eigenvalue weighted by Gasteiger charge is 2.41. The standard InChI is InChI=1S/C10H20O2/c1-4-10(8(2)3)5-6-12-7-9(10)11/h8-9,11H,4-7H2,1-3H3. The summed E-state index contributed by atoms with van der Waals surface area (Å²) in [5.41, 5.74) is 0.109. The average Bonchev–Trinajstić information content (AvgIpc) is 2.05. The van der Waals surface area contributed by atoms with Crippen molar-refractivity contribution in [1.29, 1.82) is 0 Å². The number of aliphatic hydroxyl groups excluding tert-OH is 1. The Balaban J connectivity index is 2.73. The molecule has 0 amide bonds. The van der Waals surface area contributed by atoms with Crippen molar-refractivity contribution in [1.82, 2.24) is 0 Å². The minimum atomic E-state index is -0.267. The predicted molar refractivity (Wildman–Crippen MR) is 49.0 cm³/mol. The van der Waals surface area contributed by atoms with Gasteiger partial charge in [0.25, 0.3) is 0 Å². The van der Waals surface area contributed by atoms with Crippen LogP contribution in [0.3, 0.4) is 0 Å². The molecule has 0 aromatic heterocycles. The molecule has 12 heavy (non-hydrogen) atoms. The molecular formula is C10H20O2. The van der Waals surface area contributed by atoms with Gasteiger partial charge in [0.2, 0.25) is 0 Å². The van der Waals surface area contributed by atoms with Crippen LogP contribution in [0.4, 0.5) is 0 Å². The number of hydrogen-bond acceptors (Lipinski definition) is 2. The van der Waals surface area contributed by atoms with Crippen LogP contribution in [-0.4, -0.2) is 24.4 Å². The van der Waals surface area contributed by atoms with E-state index in [1.807, 2.05) is 0 Å². The van der Waals surface area contributed by atoms with Crippen LogP contribution in [0.5, 0.6) is 0 Å². The number of ether oxygens (including phenoxy) is 1. The molecule has 1 rings (SSSR count). The molecule has 1 N–H and O–H groups in total. The average molecular weight is 172 g/mol. The van der Waals surface area contributed by atoms with Crippen LogP contribution in [0.15, 0.2) is 0 Å². The predicted octanol–water partition coefficient (Wildman–Crippen LogP) is 1.82. The zero-order valence-corrected chi connectivity index (χ0v) is 8.34. The first-order valence-electron chi connectivity index (χ1n) is 4.89. The maximum atomic E-state index is 9.86. The molecule has 72 valence electrons. The molecule has 0 aromatic rings. The van der Waals surface area contributed by atoms with Crippen LogP contribution >= 0.6 is 0 Å². The van der Waals surface area contributed by atoms with Gasteiger partial charge in [-0.3, -0.25) is 0 Å². The Morgan fingerprint density at radius 2 is 2.25 bits per heavy atom. The maximum Gasteiger partial charge on any atom is 0.0832 e. The van der Waals surface area contributed by atoms with Crippen molar-refractivity contribution in [3.63, 3.8) is 0 Å². The van der Waals surface area contributed by atoms with E-state index in [9.17, 15) is 5.11 Å². The summed E-state index contributed by atoms with van der Waals surface area (Å²) in [5, 5.41) is 9.86. The fourth-order valence-corrected chi connectivity index (χ4v) is 2.28. The van der Waals surface area contributed by atoms with Gasteiger partial charge in [-0.25, -0.2) is 0 Å². The smallest absolute Gasteiger partial charge is 0.0832 e. The summed E-state index contributed by atoms with van der Waals surface area (Å²) < 4.78 is 5.24. The van der Waals surface area contributed by atoms with E-state index in [0.29, 0.717) is 12.5 Å². The molecule has 2 atom stereocenters. The quantitative estimate of drug-likeness (QED) is 0.688. The summed E-state index contributed by atoms with van der Waals surface area (Å²) >= 11 is 0. The number of hydrogen-bond donors (Lipinski definition) is 1. The molecule has 1 aliphatic heterocycles. The van der Waals surface area contributed by atoms with E-state index in [1.165, 1.54) is 0 Å². The van der Waals surface area contributed by atoms with E-state index >= 15 is 0 Å². The molecule has 1 fully saturated rings. The Kier molecular flexibility index (Phi) is 3.13. The van der Waals surface area contributed by atoms with Gasteiger partial charge in [0, 0.05) is 12.0 Å². The summed E-state index contributed by atoms with van der Waals surface area (Å²) in [7, 11) is 0. The molecule has 1 heterocycles. The third kappa shape index (κ3) is 1.50. The molecule has 0 radical (unpaired) electrons. The topological polar surface area (TPSA) is 29.5 Å². The molecule has 0 bridgehead atoms. The fourth-order valence-electron chi connectivity index (χ4n) is 2.28. The minimum absolute atomic E-state index is 0.109. The summed E-state index contributed by atoms with van der Waals surface area (Å²) in [4.78, 5) is 0. The van der Waals surface area contributed by atoms with Crippen LogP contribution in [0.2, 0.25) is 0 Å². The second kappa shape index (κ2) is 3.75. The molecule has 1 saturated heterocycles. The summed E-state index contributed by atoms with van der Waals surface area (Å²) in [6.07, 6.45) is 1.79. The zero-order valence-electron chi connectivity index (χ0n) is 8.34. The second-order valence-corrected chi connectivity index (χ2v) is 4.08. The SMILES string of the molecule is CCC1(C(C)C)CCOCC1O. The lowest BCUT2D eigenvalue weighted by molar-refractivity contribution is -0.119. The molecular weight excluding hydrogens is 152 g/mol. The van der Waals surface area contributed by atoms with Crippen molar-refractivity contribution in [2.24, 2.45) is 11.3 Å². The van der Waals surface area contributed by atoms with Gasteiger partial charge in [0.05, 0.1) is 12.7 Å². The van der Waals surface area contributed by atoms with Crippen molar-refractivity contribution in [2.75, 3.05) is 13.2 Å². The summed E-state index contributed by atoms with van der Waals surface area (Å²) in [6, 6.07) is 0. The van der Waals surface area contributed by atoms with Gasteiger partial charge >= 0.3 is 0 Å². The molecule has 1 aliphatic rings. The van der Waals surface area contributed by atoms with Crippen LogP contribution < -0.4 is 0 Å². The molecule has 2 heteroatoms. The largest absolute Gasteiger partial charge is 0.390 e. The van der Waals surface area contributed by atoms with Gasteiger partial charge in [0.15, 0.2) is 0 Å². The number of aliphatic hydroxyl groups is 1. The summed E-state index contributed by atoms with van der Waals surface area (Å²) in [5.74, 6) is 0.543. The van der Waals surface area contributed by atoms with Crippen molar-refractivity contribution in [3.05, 3.63) is 0 Å². The lowest BCUT2D eigenvalue weighted by Gasteiger charge is -2.44. The van der Waals surface area contributed by atoms with E-state index < -0.39 is 0 Å². The first-order chi connectivity index (χ1) is 5.63. The Morgan fingerprint density at radius 1 is 1.58 bits per heavy atom. The number of rotatable bonds is 2. The fraction of sp³-hybridized carbons (Fsp3) is 1.00. The highest BCUT2D eigenvalue weighted by Crippen LogP contribution is 2.41. The van der Waals surface area contributed by atoms with Gasteiger partial charge in [-0.2, -0.15) is 0 Å². The summed E-state index contributed by atoms with van der Waals surface area (Å²) in [6.45, 7) is 7.87. The third-order valence-electron chi connectivity index (χ3n) is 3.46. The third-order valence-corrected chi connectivity index (χ3v) is 3.46. The van der Waals surface area contributed by atoms with Gasteiger partial charge in [-0.15, -0.1) is 0 Å². The molecule has 0 spiro atoms. The molecule has 0 aliphatic carbocycles. The Morgan fingerprint density at radius 3 is 2.58 bits per heavy atom. The Bertz CT molecular complexity index is 145. The monoisotopic (exact) mass is 172 g/mol. The van der Waals surface area contributed by atoms with Crippen molar-refractivity contribution in [3.8, 4) is 0 Å². The van der Waals surface area contributed by atoms with Gasteiger partial charge in [-0.05, 0) is 18.8 Å². The van der Waals surface area contributed by atoms with E-state index in [-0.39, 0.29) is 11.5 Å². The highest BCUT2D eigenvalue weighted by molar-refractivity contribution is 4.90. The van der Waals surface area contributed by atoms with Gasteiger partial charge in [-0.1, -0.05) is 20.8 Å². The van der Waals surface area contributed by atoms with Crippen LogP contribution in [0.1, 0.15) is 33.6 Å². The Hall–Kier alpha value is -0.0800. The first kappa shape index (κ1) is 10.0. The lowest BCUT2D eigenvalue weighted by atomic mass is 9.68. The second-order valence-electron chi connectivity index (χ2n) is 4.08. The van der Waals surface area contributed by atoms with Gasteiger partial charge in [0.1, 0.15) is 0 Å². The molecule has 2 unspecified atom stereocenters. The van der Waals surface area contributed by atoms with Crippen molar-refractivity contribution < 1.29 is 9.84 Å². The van der Waals surface area contributed by atoms with Gasteiger partial charge < -0.3 is 9.84 Å². The van der Waals surface area contributed by atoms with E-state index in [1.54, 1.807) is 0 Å². The van der Waals surface area contributed by atoms with E-state index in [2.05, 4.69) is 20.8 Å². The van der Waals surface area contributed by atoms with E-state index in [4.69, 9.17) is 4.74 Å². The normalized spacial score (nSPS) is 37.2. The first-order valence-corrected chi connectivity index (χ1v) is 4.89. The molecule has 2 nitrogen and oxygen atoms in total. The maximum absolute atomic E-state index is 9.86. The highest BCUT2D eigenvalue weighted by atomic mass is 16.5.